The van der Waals surface area contributed by atoms with Gasteiger partial charge < -0.3 is 4.72 Å². The van der Waals surface area contributed by atoms with Crippen molar-refractivity contribution in [3.63, 3.8) is 0 Å². The van der Waals surface area contributed by atoms with Gasteiger partial charge in [-0.2, -0.15) is 0 Å². The molecule has 5 heteroatoms. The van der Waals surface area contributed by atoms with E-state index >= 15 is 0 Å². The number of thiophene rings is 1. The molecule has 0 unspecified atom stereocenters. The van der Waals surface area contributed by atoms with Gasteiger partial charge in [0.25, 0.3) is 0 Å². The molecule has 0 spiro atoms. The minimum atomic E-state index is 0.896. The molecule has 2 heterocycles. The van der Waals surface area contributed by atoms with E-state index < -0.39 is 0 Å². The Balaban J connectivity index is 1.86. The van der Waals surface area contributed by atoms with Crippen molar-refractivity contribution in [2.24, 2.45) is 0 Å². The molecule has 1 N–H and O–H groups in total. The summed E-state index contributed by atoms with van der Waals surface area (Å²) < 4.78 is 7.03. The summed E-state index contributed by atoms with van der Waals surface area (Å²) in [5.74, 6) is 0.896. The molecule has 0 radical (unpaired) electrons. The van der Waals surface area contributed by atoms with Gasteiger partial charge in [-0.05, 0) is 67.1 Å². The van der Waals surface area contributed by atoms with E-state index in [0.717, 1.165) is 16.0 Å². The molecule has 0 atom stereocenters. The van der Waals surface area contributed by atoms with E-state index in [4.69, 9.17) is 0 Å². The van der Waals surface area contributed by atoms with Crippen LogP contribution < -0.4 is 4.72 Å². The van der Waals surface area contributed by atoms with E-state index in [1.165, 1.54) is 19.9 Å². The van der Waals surface area contributed by atoms with Crippen LogP contribution in [0.3, 0.4) is 0 Å². The third kappa shape index (κ3) is 2.85. The lowest BCUT2D eigenvalue weighted by Crippen LogP contribution is -1.91. The molecule has 0 amide bonds. The Labute approximate surface area is 134 Å². The summed E-state index contributed by atoms with van der Waals surface area (Å²) in [5.41, 5.74) is 2.34. The molecule has 0 saturated heterocycles. The minimum Gasteiger partial charge on any atom is -0.310 e. The van der Waals surface area contributed by atoms with Crippen molar-refractivity contribution in [2.45, 2.75) is 18.1 Å². The summed E-state index contributed by atoms with van der Waals surface area (Å²) >= 11 is 6.97. The predicted molar refractivity (Wildman–Crippen MR) is 92.7 cm³/mol. The number of nitrogens with zero attached hydrogens (tertiary/aromatic N) is 1. The first kappa shape index (κ1) is 13.9. The van der Waals surface area contributed by atoms with Crippen LogP contribution in [0.15, 0.2) is 45.1 Å². The van der Waals surface area contributed by atoms with Gasteiger partial charge in [0, 0.05) is 14.9 Å². The van der Waals surface area contributed by atoms with E-state index in [2.05, 4.69) is 50.8 Å². The van der Waals surface area contributed by atoms with Crippen LogP contribution >= 0.6 is 39.2 Å². The summed E-state index contributed by atoms with van der Waals surface area (Å²) in [4.78, 5) is 4.45. The molecule has 102 valence electrons. The fraction of sp³-hybridized carbons (Fsp3) is 0.133. The second kappa shape index (κ2) is 5.76. The van der Waals surface area contributed by atoms with Crippen LogP contribution in [-0.2, 0) is 0 Å². The van der Waals surface area contributed by atoms with Crippen LogP contribution in [0.1, 0.15) is 11.3 Å². The monoisotopic (exact) mass is 364 g/mol. The van der Waals surface area contributed by atoms with Crippen LogP contribution in [0.2, 0.25) is 0 Å². The third-order valence-electron chi connectivity index (χ3n) is 2.99. The van der Waals surface area contributed by atoms with E-state index in [9.17, 15) is 0 Å². The van der Waals surface area contributed by atoms with Crippen molar-refractivity contribution in [1.29, 1.82) is 0 Å². The summed E-state index contributed by atoms with van der Waals surface area (Å²) in [6.07, 6.45) is 0. The minimum absolute atomic E-state index is 0.896. The lowest BCUT2D eigenvalue weighted by molar-refractivity contribution is 1.21. The Morgan fingerprint density at radius 2 is 2.05 bits per heavy atom. The number of nitrogens with one attached hydrogen (secondary N) is 1. The van der Waals surface area contributed by atoms with Gasteiger partial charge in [-0.25, -0.2) is 4.98 Å². The topological polar surface area (TPSA) is 24.9 Å². The number of aromatic nitrogens is 1. The molecule has 0 aliphatic rings. The number of hydrogen-bond donors (Lipinski definition) is 1. The lowest BCUT2D eigenvalue weighted by Gasteiger charge is -2.04. The van der Waals surface area contributed by atoms with Gasteiger partial charge >= 0.3 is 0 Å². The van der Waals surface area contributed by atoms with Crippen molar-refractivity contribution in [3.8, 4) is 0 Å². The smallest absolute Gasteiger partial charge is 0.136 e. The molecule has 0 bridgehead atoms. The van der Waals surface area contributed by atoms with Gasteiger partial charge in [-0.3, -0.25) is 0 Å². The van der Waals surface area contributed by atoms with E-state index in [-0.39, 0.29) is 0 Å². The van der Waals surface area contributed by atoms with Crippen molar-refractivity contribution in [3.05, 3.63) is 52.1 Å². The molecule has 1 aromatic carbocycles. The molecular formula is C15H13BrN2S2. The van der Waals surface area contributed by atoms with Crippen LogP contribution in [0, 0.1) is 13.8 Å². The molecular weight excluding hydrogens is 352 g/mol. The zero-order valence-corrected chi connectivity index (χ0v) is 14.3. The molecule has 0 saturated carbocycles. The molecule has 3 aromatic rings. The summed E-state index contributed by atoms with van der Waals surface area (Å²) in [7, 11) is 0. The standard InChI is InChI=1S/C15H13BrN2S2/c1-9-4-3-5-14(17-9)18-20-15-10(2)12-8-11(16)6-7-13(12)19-15/h3-8H,1-2H3,(H,17,18). The van der Waals surface area contributed by atoms with Gasteiger partial charge in [-0.15, -0.1) is 11.3 Å². The number of aryl methyl sites for hydroxylation is 2. The Morgan fingerprint density at radius 1 is 1.20 bits per heavy atom. The number of fused-ring (bicyclic) bond motifs is 1. The lowest BCUT2D eigenvalue weighted by atomic mass is 10.2. The van der Waals surface area contributed by atoms with Crippen LogP contribution in [-0.4, -0.2) is 4.98 Å². The fourth-order valence-corrected chi connectivity index (χ4v) is 4.38. The molecule has 0 aliphatic carbocycles. The Hall–Kier alpha value is -1.04. The second-order valence-corrected chi connectivity index (χ2v) is 7.57. The fourth-order valence-electron chi connectivity index (χ4n) is 1.97. The quantitative estimate of drug-likeness (QED) is 0.594. The molecule has 0 fully saturated rings. The Bertz CT molecular complexity index is 768. The van der Waals surface area contributed by atoms with Crippen molar-refractivity contribution >= 4 is 55.1 Å². The van der Waals surface area contributed by atoms with E-state index in [1.807, 2.05) is 36.5 Å². The normalized spacial score (nSPS) is 10.9. The number of rotatable bonds is 3. The predicted octanol–water partition coefficient (Wildman–Crippen LogP) is 5.79. The summed E-state index contributed by atoms with van der Waals surface area (Å²) in [5, 5.41) is 1.31. The van der Waals surface area contributed by atoms with Gasteiger partial charge in [0.15, 0.2) is 0 Å². The summed E-state index contributed by atoms with van der Waals surface area (Å²) in [6, 6.07) is 12.4. The maximum absolute atomic E-state index is 4.45. The number of benzene rings is 1. The number of hydrogen-bond acceptors (Lipinski definition) is 4. The van der Waals surface area contributed by atoms with Crippen molar-refractivity contribution in [1.82, 2.24) is 4.98 Å². The van der Waals surface area contributed by atoms with Crippen molar-refractivity contribution < 1.29 is 0 Å². The molecule has 3 rings (SSSR count). The van der Waals surface area contributed by atoms with E-state index in [1.54, 1.807) is 11.9 Å². The Kier molecular flexibility index (Phi) is 4.01. The molecule has 0 aliphatic heterocycles. The molecule has 2 nitrogen and oxygen atoms in total. The highest BCUT2D eigenvalue weighted by Gasteiger charge is 2.09. The maximum Gasteiger partial charge on any atom is 0.136 e. The molecule has 20 heavy (non-hydrogen) atoms. The zero-order chi connectivity index (χ0) is 14.1. The zero-order valence-electron chi connectivity index (χ0n) is 11.1. The highest BCUT2D eigenvalue weighted by atomic mass is 79.9. The Morgan fingerprint density at radius 3 is 2.85 bits per heavy atom. The van der Waals surface area contributed by atoms with Gasteiger partial charge in [0.2, 0.25) is 0 Å². The van der Waals surface area contributed by atoms with Gasteiger partial charge in [0.1, 0.15) is 5.82 Å². The largest absolute Gasteiger partial charge is 0.310 e. The average Bonchev–Trinajstić information content (AvgIpc) is 2.73. The number of anilines is 1. The molecule has 2 aromatic heterocycles. The number of pyridine rings is 1. The van der Waals surface area contributed by atoms with Crippen molar-refractivity contribution in [2.75, 3.05) is 4.72 Å². The SMILES string of the molecule is Cc1cccc(NSc2sc3ccc(Br)cc3c2C)n1. The average molecular weight is 365 g/mol. The van der Waals surface area contributed by atoms with Crippen LogP contribution in [0.5, 0.6) is 0 Å². The third-order valence-corrected chi connectivity index (χ3v) is 5.85. The highest BCUT2D eigenvalue weighted by Crippen LogP contribution is 2.38. The maximum atomic E-state index is 4.45. The summed E-state index contributed by atoms with van der Waals surface area (Å²) in [6.45, 7) is 4.16. The van der Waals surface area contributed by atoms with Crippen LogP contribution in [0.25, 0.3) is 10.1 Å². The number of halogens is 1. The first-order valence-corrected chi connectivity index (χ1v) is 8.61. The first-order valence-electron chi connectivity index (χ1n) is 6.18. The second-order valence-electron chi connectivity index (χ2n) is 4.52. The van der Waals surface area contributed by atoms with Gasteiger partial charge in [0.05, 0.1) is 4.21 Å². The van der Waals surface area contributed by atoms with Gasteiger partial charge in [-0.1, -0.05) is 22.0 Å². The highest BCUT2D eigenvalue weighted by molar-refractivity contribution is 9.10. The van der Waals surface area contributed by atoms with E-state index in [0.29, 0.717) is 0 Å². The first-order chi connectivity index (χ1) is 9.63. The van der Waals surface area contributed by atoms with Crippen LogP contribution in [0.4, 0.5) is 5.82 Å².